The first-order valence-electron chi connectivity index (χ1n) is 9.89. The van der Waals surface area contributed by atoms with E-state index in [0.717, 1.165) is 0 Å². The van der Waals surface area contributed by atoms with Gasteiger partial charge in [-0.25, -0.2) is 4.40 Å². The van der Waals surface area contributed by atoms with Crippen molar-refractivity contribution in [2.24, 2.45) is 4.40 Å². The highest BCUT2D eigenvalue weighted by atomic mass is 35.5. The second-order valence-electron chi connectivity index (χ2n) is 8.58. The molecular weight excluding hydrogens is 538 g/mol. The molecule has 0 saturated heterocycles. The molecule has 180 valence electrons. The fraction of sp³-hybridized carbons (Fsp3) is 0.455. The van der Waals surface area contributed by atoms with Crippen LogP contribution in [0.2, 0.25) is 5.02 Å². The Morgan fingerprint density at radius 1 is 1.30 bits per heavy atom. The van der Waals surface area contributed by atoms with Gasteiger partial charge in [0.05, 0.1) is 21.9 Å². The summed E-state index contributed by atoms with van der Waals surface area (Å²) >= 11 is 20.2. The van der Waals surface area contributed by atoms with Crippen LogP contribution in [0.4, 0.5) is 13.2 Å². The Morgan fingerprint density at radius 2 is 2.00 bits per heavy atom. The molecule has 2 atom stereocenters. The molecule has 0 bridgehead atoms. The normalized spacial score (nSPS) is 23.7. The minimum atomic E-state index is -4.58. The number of nitrogens with zero attached hydrogens (tertiary/aromatic N) is 1. The topological polar surface area (TPSA) is 38.7 Å². The number of carbonyl (C=O) groups excluding carboxylic acids is 1. The lowest BCUT2D eigenvalue weighted by Crippen LogP contribution is -2.43. The van der Waals surface area contributed by atoms with Gasteiger partial charge in [0.25, 0.3) is 0 Å². The van der Waals surface area contributed by atoms with E-state index in [0.29, 0.717) is 27.4 Å². The molecule has 0 aromatic heterocycles. The first-order chi connectivity index (χ1) is 15.2. The van der Waals surface area contributed by atoms with E-state index in [4.69, 9.17) is 39.5 Å². The number of esters is 1. The summed E-state index contributed by atoms with van der Waals surface area (Å²) in [5, 5.41) is -0.0180. The third-order valence-electron chi connectivity index (χ3n) is 4.75. The number of thioether (sulfide) groups is 1. The maximum Gasteiger partial charge on any atom is 0.409 e. The van der Waals surface area contributed by atoms with Crippen LogP contribution in [0.1, 0.15) is 39.2 Å². The van der Waals surface area contributed by atoms with Crippen LogP contribution in [0.25, 0.3) is 0 Å². The summed E-state index contributed by atoms with van der Waals surface area (Å²) in [5.41, 5.74) is 0.162. The van der Waals surface area contributed by atoms with Gasteiger partial charge in [-0.15, -0.1) is 23.4 Å². The van der Waals surface area contributed by atoms with Crippen LogP contribution in [0.15, 0.2) is 50.2 Å². The predicted octanol–water partition coefficient (Wildman–Crippen LogP) is 7.98. The maximum atomic E-state index is 14.3. The second-order valence-corrected chi connectivity index (χ2v) is 12.1. The zero-order valence-corrected chi connectivity index (χ0v) is 21.8. The Labute approximate surface area is 214 Å². The van der Waals surface area contributed by atoms with Gasteiger partial charge in [-0.2, -0.15) is 13.2 Å². The summed E-state index contributed by atoms with van der Waals surface area (Å²) < 4.78 is 49.9. The van der Waals surface area contributed by atoms with Crippen molar-refractivity contribution >= 4 is 70.2 Å². The first kappa shape index (κ1) is 26.8. The number of alkyl halides is 4. The second kappa shape index (κ2) is 10.1. The molecule has 11 heteroatoms. The summed E-state index contributed by atoms with van der Waals surface area (Å²) in [6.45, 7) is 5.33. The van der Waals surface area contributed by atoms with E-state index >= 15 is 0 Å². The molecule has 0 spiro atoms. The Kier molecular flexibility index (Phi) is 8.16. The highest BCUT2D eigenvalue weighted by Gasteiger charge is 2.61. The monoisotopic (exact) mass is 557 g/mol. The number of hydrogen-bond donors (Lipinski definition) is 0. The minimum Gasteiger partial charge on any atom is -0.459 e. The summed E-state index contributed by atoms with van der Waals surface area (Å²) in [4.78, 5) is 12.6. The average Bonchev–Trinajstić information content (AvgIpc) is 3.12. The van der Waals surface area contributed by atoms with Crippen LogP contribution in [0.3, 0.4) is 0 Å². The fourth-order valence-corrected chi connectivity index (χ4v) is 6.01. The number of allylic oxidation sites excluding steroid dienone is 3. The van der Waals surface area contributed by atoms with Crippen molar-refractivity contribution < 1.29 is 22.7 Å². The third kappa shape index (κ3) is 6.45. The molecule has 1 aliphatic carbocycles. The quantitative estimate of drug-likeness (QED) is 0.159. The van der Waals surface area contributed by atoms with Crippen molar-refractivity contribution in [1.29, 1.82) is 0 Å². The molecular formula is C22H21Cl3F3NO2S2. The number of benzene rings is 1. The molecule has 0 radical (unpaired) electrons. The van der Waals surface area contributed by atoms with E-state index in [1.165, 1.54) is 23.9 Å². The molecule has 0 amide bonds. The largest absolute Gasteiger partial charge is 0.459 e. The number of carbonyl (C=O) groups is 1. The zero-order valence-electron chi connectivity index (χ0n) is 17.9. The standard InChI is InChI=1S/C22H21Cl3F3NO2S2/c1-20(2,3)31-19(30)11-32-18-5-4-12(6-16(18)25)17-10-21(33-29-17,22(26,27)28)13-7-14(23)9-15(24)8-13/h4-8,14H,9-11H2,1-3H3. The van der Waals surface area contributed by atoms with E-state index in [9.17, 15) is 18.0 Å². The number of halogens is 6. The summed E-state index contributed by atoms with van der Waals surface area (Å²) in [6, 6.07) is 4.88. The summed E-state index contributed by atoms with van der Waals surface area (Å²) in [7, 11) is 0. The van der Waals surface area contributed by atoms with Crippen molar-refractivity contribution in [3.8, 4) is 0 Å². The summed E-state index contributed by atoms with van der Waals surface area (Å²) in [6.07, 6.45) is -1.93. The Balaban J connectivity index is 1.78. The van der Waals surface area contributed by atoms with Crippen LogP contribution in [-0.2, 0) is 9.53 Å². The van der Waals surface area contributed by atoms with Gasteiger partial charge in [0.2, 0.25) is 0 Å². The van der Waals surface area contributed by atoms with Gasteiger partial charge >= 0.3 is 12.1 Å². The van der Waals surface area contributed by atoms with Crippen molar-refractivity contribution in [2.75, 3.05) is 5.75 Å². The van der Waals surface area contributed by atoms with E-state index in [2.05, 4.69) is 4.40 Å². The van der Waals surface area contributed by atoms with Gasteiger partial charge in [-0.1, -0.05) is 35.3 Å². The lowest BCUT2D eigenvalue weighted by Gasteiger charge is -2.33. The van der Waals surface area contributed by atoms with Crippen LogP contribution >= 0.6 is 58.5 Å². The Bertz CT molecular complexity index is 1030. The average molecular weight is 559 g/mol. The van der Waals surface area contributed by atoms with Crippen molar-refractivity contribution in [2.45, 2.75) is 60.4 Å². The van der Waals surface area contributed by atoms with E-state index in [1.54, 1.807) is 39.0 Å². The van der Waals surface area contributed by atoms with Crippen LogP contribution in [-0.4, -0.2) is 39.3 Å². The van der Waals surface area contributed by atoms with Crippen molar-refractivity contribution in [1.82, 2.24) is 0 Å². The number of ether oxygens (including phenoxy) is 1. The molecule has 3 rings (SSSR count). The molecule has 2 unspecified atom stereocenters. The van der Waals surface area contributed by atoms with Gasteiger partial charge in [0.15, 0.2) is 4.75 Å². The SMILES string of the molecule is CC(C)(C)OC(=O)CSc1ccc(C2=NSC(C3=CC(Cl)CC(Cl)=C3)(C(F)(F)F)C2)cc1Cl. The maximum absolute atomic E-state index is 14.3. The Morgan fingerprint density at radius 3 is 2.58 bits per heavy atom. The Hall–Kier alpha value is -0.800. The predicted molar refractivity (Wildman–Crippen MR) is 132 cm³/mol. The first-order valence-corrected chi connectivity index (χ1v) is 12.8. The summed E-state index contributed by atoms with van der Waals surface area (Å²) in [5.74, 6) is -0.324. The highest BCUT2D eigenvalue weighted by molar-refractivity contribution is 8.00. The minimum absolute atomic E-state index is 0.00522. The van der Waals surface area contributed by atoms with Crippen LogP contribution in [0.5, 0.6) is 0 Å². The van der Waals surface area contributed by atoms with Gasteiger partial charge in [0.1, 0.15) is 5.60 Å². The fourth-order valence-electron chi connectivity index (χ4n) is 3.33. The van der Waals surface area contributed by atoms with Gasteiger partial charge in [-0.05, 0) is 62.1 Å². The molecule has 3 nitrogen and oxygen atoms in total. The molecule has 0 saturated carbocycles. The van der Waals surface area contributed by atoms with Crippen molar-refractivity contribution in [3.63, 3.8) is 0 Å². The molecule has 0 N–H and O–H groups in total. The zero-order chi connectivity index (χ0) is 24.6. The molecule has 0 fully saturated rings. The van der Waals surface area contributed by atoms with E-state index < -0.39 is 21.9 Å². The van der Waals surface area contributed by atoms with Gasteiger partial charge in [0, 0.05) is 22.8 Å². The smallest absolute Gasteiger partial charge is 0.409 e. The number of hydrogen-bond acceptors (Lipinski definition) is 5. The third-order valence-corrected chi connectivity index (χ3v) is 8.00. The van der Waals surface area contributed by atoms with Crippen LogP contribution in [0, 0.1) is 0 Å². The number of rotatable bonds is 5. The van der Waals surface area contributed by atoms with E-state index in [-0.39, 0.29) is 40.9 Å². The molecule has 2 aliphatic rings. The highest BCUT2D eigenvalue weighted by Crippen LogP contribution is 2.55. The molecule has 1 aromatic rings. The molecule has 1 aromatic carbocycles. The lowest BCUT2D eigenvalue weighted by molar-refractivity contribution is -0.151. The molecule has 1 heterocycles. The molecule has 1 aliphatic heterocycles. The molecule has 33 heavy (non-hydrogen) atoms. The van der Waals surface area contributed by atoms with Crippen molar-refractivity contribution in [3.05, 3.63) is 51.5 Å². The van der Waals surface area contributed by atoms with E-state index in [1.807, 2.05) is 0 Å². The van der Waals surface area contributed by atoms with Gasteiger partial charge in [-0.3, -0.25) is 4.79 Å². The van der Waals surface area contributed by atoms with Gasteiger partial charge < -0.3 is 4.74 Å². The lowest BCUT2D eigenvalue weighted by atomic mass is 9.86. The van der Waals surface area contributed by atoms with Crippen LogP contribution < -0.4 is 0 Å².